The number of hydrogen-bond acceptors (Lipinski definition) is 3. The number of fused-ring (bicyclic) bond motifs is 2. The van der Waals surface area contributed by atoms with E-state index < -0.39 is 17.7 Å². The third-order valence-corrected chi connectivity index (χ3v) is 3.26. The van der Waals surface area contributed by atoms with E-state index in [-0.39, 0.29) is 12.1 Å². The van der Waals surface area contributed by atoms with Crippen molar-refractivity contribution in [3.05, 3.63) is 0 Å². The Balaban J connectivity index is 2.01. The molecule has 0 aromatic rings. The number of hydrogen-bond donors (Lipinski definition) is 1. The zero-order chi connectivity index (χ0) is 12.0. The van der Waals surface area contributed by atoms with Crippen LogP contribution in [-0.4, -0.2) is 29.8 Å². The number of piperidine rings is 1. The molecule has 6 heteroatoms. The van der Waals surface area contributed by atoms with Crippen LogP contribution in [0.5, 0.6) is 0 Å². The molecule has 0 aliphatic carbocycles. The van der Waals surface area contributed by atoms with Gasteiger partial charge < -0.3 is 10.1 Å². The highest BCUT2D eigenvalue weighted by Crippen LogP contribution is 2.37. The van der Waals surface area contributed by atoms with E-state index in [1.165, 1.54) is 0 Å². The van der Waals surface area contributed by atoms with Crippen LogP contribution in [0, 0.1) is 0 Å². The molecule has 2 bridgehead atoms. The topological polar surface area (TPSA) is 38.3 Å². The summed E-state index contributed by atoms with van der Waals surface area (Å²) in [6, 6.07) is 0.370. The van der Waals surface area contributed by atoms with Gasteiger partial charge in [-0.15, -0.1) is 0 Å². The summed E-state index contributed by atoms with van der Waals surface area (Å²) in [6.45, 7) is 1.59. The Bertz CT molecular complexity index is 291. The first-order valence-electron chi connectivity index (χ1n) is 5.35. The van der Waals surface area contributed by atoms with Gasteiger partial charge in [-0.25, -0.2) is 4.79 Å². The van der Waals surface area contributed by atoms with Crippen LogP contribution in [-0.2, 0) is 9.53 Å². The molecule has 0 spiro atoms. The first kappa shape index (κ1) is 11.7. The minimum Gasteiger partial charge on any atom is -0.453 e. The first-order valence-corrected chi connectivity index (χ1v) is 5.35. The molecule has 2 fully saturated rings. The Kier molecular flexibility index (Phi) is 2.64. The Morgan fingerprint density at radius 2 is 1.81 bits per heavy atom. The van der Waals surface area contributed by atoms with Crippen molar-refractivity contribution >= 4 is 5.97 Å². The highest BCUT2D eigenvalue weighted by atomic mass is 19.4. The van der Waals surface area contributed by atoms with Crippen LogP contribution >= 0.6 is 0 Å². The van der Waals surface area contributed by atoms with Gasteiger partial charge in [0.15, 0.2) is 0 Å². The van der Waals surface area contributed by atoms with E-state index in [9.17, 15) is 18.0 Å². The van der Waals surface area contributed by atoms with Crippen molar-refractivity contribution in [3.63, 3.8) is 0 Å². The van der Waals surface area contributed by atoms with Gasteiger partial charge in [-0.2, -0.15) is 13.2 Å². The second-order valence-electron chi connectivity index (χ2n) is 4.88. The van der Waals surface area contributed by atoms with E-state index in [0.717, 1.165) is 12.8 Å². The zero-order valence-corrected chi connectivity index (χ0v) is 8.93. The predicted molar refractivity (Wildman–Crippen MR) is 49.7 cm³/mol. The summed E-state index contributed by atoms with van der Waals surface area (Å²) >= 11 is 0. The highest BCUT2D eigenvalue weighted by molar-refractivity contribution is 5.76. The summed E-state index contributed by atoms with van der Waals surface area (Å²) in [5.41, 5.74) is -0.969. The number of ether oxygens (including phenoxy) is 1. The molecule has 1 N–H and O–H groups in total. The van der Waals surface area contributed by atoms with E-state index in [2.05, 4.69) is 10.1 Å². The summed E-state index contributed by atoms with van der Waals surface area (Å²) in [5, 5.41) is 3.28. The van der Waals surface area contributed by atoms with Crippen LogP contribution in [0.2, 0.25) is 0 Å². The van der Waals surface area contributed by atoms with Gasteiger partial charge in [0.2, 0.25) is 0 Å². The Morgan fingerprint density at radius 3 is 2.25 bits per heavy atom. The molecule has 2 rings (SSSR count). The van der Waals surface area contributed by atoms with Gasteiger partial charge in [-0.05, 0) is 19.8 Å². The molecule has 3 atom stereocenters. The van der Waals surface area contributed by atoms with Gasteiger partial charge >= 0.3 is 12.1 Å². The number of carbonyl (C=O) groups excluding carboxylic acids is 1. The highest BCUT2D eigenvalue weighted by Gasteiger charge is 2.49. The fourth-order valence-electron chi connectivity index (χ4n) is 2.72. The fraction of sp³-hybridized carbons (Fsp3) is 0.900. The second-order valence-corrected chi connectivity index (χ2v) is 4.88. The number of rotatable bonds is 1. The third-order valence-electron chi connectivity index (χ3n) is 3.26. The fourth-order valence-corrected chi connectivity index (χ4v) is 2.72. The maximum absolute atomic E-state index is 12.1. The van der Waals surface area contributed by atoms with Crippen LogP contribution in [0.25, 0.3) is 0 Å². The van der Waals surface area contributed by atoms with Crippen molar-refractivity contribution in [1.82, 2.24) is 5.32 Å². The van der Waals surface area contributed by atoms with Crippen LogP contribution in [0.15, 0.2) is 0 Å². The predicted octanol–water partition coefficient (Wildman–Crippen LogP) is 1.77. The minimum atomic E-state index is -4.90. The molecule has 2 saturated heterocycles. The van der Waals surface area contributed by atoms with Gasteiger partial charge in [-0.1, -0.05) is 0 Å². The van der Waals surface area contributed by atoms with Gasteiger partial charge in [0.05, 0.1) is 0 Å². The molecule has 2 aliphatic heterocycles. The van der Waals surface area contributed by atoms with Crippen LogP contribution < -0.4 is 5.32 Å². The summed E-state index contributed by atoms with van der Waals surface area (Å²) in [7, 11) is 0. The lowest BCUT2D eigenvalue weighted by Crippen LogP contribution is -2.50. The van der Waals surface area contributed by atoms with Crippen molar-refractivity contribution in [1.29, 1.82) is 0 Å². The quantitative estimate of drug-likeness (QED) is 0.706. The Morgan fingerprint density at radius 1 is 1.31 bits per heavy atom. The van der Waals surface area contributed by atoms with Crippen molar-refractivity contribution < 1.29 is 22.7 Å². The Hall–Kier alpha value is -0.780. The molecule has 1 unspecified atom stereocenters. The van der Waals surface area contributed by atoms with Crippen LogP contribution in [0.4, 0.5) is 13.2 Å². The molecule has 2 heterocycles. The maximum atomic E-state index is 12.1. The minimum absolute atomic E-state index is 0.185. The van der Waals surface area contributed by atoms with Crippen LogP contribution in [0.1, 0.15) is 32.6 Å². The van der Waals surface area contributed by atoms with Gasteiger partial charge in [0, 0.05) is 24.9 Å². The normalized spacial score (nSPS) is 38.5. The SMILES string of the molecule is CC1(OC(=O)C(F)(F)F)C[C@H]2CC[C@@H](C1)N2. The average Bonchev–Trinajstić information content (AvgIpc) is 2.43. The van der Waals surface area contributed by atoms with E-state index in [0.29, 0.717) is 12.8 Å². The lowest BCUT2D eigenvalue weighted by Gasteiger charge is -2.37. The first-order chi connectivity index (χ1) is 7.28. The summed E-state index contributed by atoms with van der Waals surface area (Å²) < 4.78 is 40.9. The lowest BCUT2D eigenvalue weighted by molar-refractivity contribution is -0.215. The molecule has 0 saturated carbocycles. The molecular weight excluding hydrogens is 223 g/mol. The molecule has 0 aromatic carbocycles. The van der Waals surface area contributed by atoms with E-state index >= 15 is 0 Å². The van der Waals surface area contributed by atoms with Gasteiger partial charge in [0.25, 0.3) is 0 Å². The summed E-state index contributed by atoms with van der Waals surface area (Å²) in [6.07, 6.45) is -2.07. The molecule has 16 heavy (non-hydrogen) atoms. The monoisotopic (exact) mass is 237 g/mol. The molecule has 0 radical (unpaired) electrons. The van der Waals surface area contributed by atoms with E-state index in [1.807, 2.05) is 0 Å². The summed E-state index contributed by atoms with van der Waals surface area (Å²) in [5.74, 6) is -2.07. The standard InChI is InChI=1S/C10H14F3NO2/c1-9(16-8(15)10(11,12)13)4-6-2-3-7(5-9)14-6/h6-7,14H,2-5H2,1H3/t6-,7+,9?. The zero-order valence-electron chi connectivity index (χ0n) is 8.93. The molecule has 92 valence electrons. The number of halogens is 3. The van der Waals surface area contributed by atoms with Crippen molar-refractivity contribution in [2.24, 2.45) is 0 Å². The number of nitrogens with one attached hydrogen (secondary N) is 1. The molecule has 2 aliphatic rings. The second kappa shape index (κ2) is 3.61. The van der Waals surface area contributed by atoms with E-state index in [1.54, 1.807) is 6.92 Å². The molecule has 0 aromatic heterocycles. The smallest absolute Gasteiger partial charge is 0.453 e. The molecule has 0 amide bonds. The molecular formula is C10H14F3NO2. The maximum Gasteiger partial charge on any atom is 0.490 e. The third kappa shape index (κ3) is 2.31. The number of carbonyl (C=O) groups is 1. The van der Waals surface area contributed by atoms with Gasteiger partial charge in [0.1, 0.15) is 5.60 Å². The van der Waals surface area contributed by atoms with Crippen LogP contribution in [0.3, 0.4) is 0 Å². The van der Waals surface area contributed by atoms with Crippen molar-refractivity contribution in [2.75, 3.05) is 0 Å². The lowest BCUT2D eigenvalue weighted by atomic mass is 9.89. The van der Waals surface area contributed by atoms with Crippen molar-refractivity contribution in [2.45, 2.75) is 56.5 Å². The number of esters is 1. The molecule has 3 nitrogen and oxygen atoms in total. The largest absolute Gasteiger partial charge is 0.490 e. The van der Waals surface area contributed by atoms with Crippen molar-refractivity contribution in [3.8, 4) is 0 Å². The van der Waals surface area contributed by atoms with E-state index in [4.69, 9.17) is 0 Å². The summed E-state index contributed by atoms with van der Waals surface area (Å²) in [4.78, 5) is 10.8. The van der Waals surface area contributed by atoms with Gasteiger partial charge in [-0.3, -0.25) is 0 Å². The average molecular weight is 237 g/mol. The Labute approximate surface area is 91.3 Å². The number of alkyl halides is 3.